The Balaban J connectivity index is 1.94. The second-order valence-electron chi connectivity index (χ2n) is 4.59. The van der Waals surface area contributed by atoms with Gasteiger partial charge in [0.15, 0.2) is 5.82 Å². The number of hydrogen-bond donors (Lipinski definition) is 1. The van der Waals surface area contributed by atoms with Gasteiger partial charge in [-0.25, -0.2) is 9.97 Å². The summed E-state index contributed by atoms with van der Waals surface area (Å²) < 4.78 is 0. The standard InChI is InChI=1S/C16H13ClN4/c1-11-10-19-16(12-2-4-13(17)5-3-12)21-15(11)20-14-6-8-18-9-7-14/h2-10H,1H3,(H,18,19,20,21). The van der Waals surface area contributed by atoms with Gasteiger partial charge in [0.2, 0.25) is 0 Å². The lowest BCUT2D eigenvalue weighted by Gasteiger charge is -2.09. The maximum atomic E-state index is 5.90. The molecule has 0 aliphatic heterocycles. The van der Waals surface area contributed by atoms with Crippen molar-refractivity contribution in [1.82, 2.24) is 15.0 Å². The molecule has 0 aliphatic carbocycles. The third-order valence-electron chi connectivity index (χ3n) is 3.02. The van der Waals surface area contributed by atoms with E-state index in [0.29, 0.717) is 10.8 Å². The topological polar surface area (TPSA) is 50.7 Å². The minimum absolute atomic E-state index is 0.661. The van der Waals surface area contributed by atoms with Gasteiger partial charge in [-0.3, -0.25) is 4.98 Å². The number of hydrogen-bond acceptors (Lipinski definition) is 4. The van der Waals surface area contributed by atoms with Gasteiger partial charge in [0.25, 0.3) is 0 Å². The first kappa shape index (κ1) is 13.5. The van der Waals surface area contributed by atoms with Crippen molar-refractivity contribution in [2.45, 2.75) is 6.92 Å². The molecule has 2 aromatic heterocycles. The van der Waals surface area contributed by atoms with E-state index in [0.717, 1.165) is 22.6 Å². The first-order chi connectivity index (χ1) is 10.2. The molecule has 0 saturated heterocycles. The molecule has 0 saturated carbocycles. The summed E-state index contributed by atoms with van der Waals surface area (Å²) in [6.45, 7) is 1.97. The summed E-state index contributed by atoms with van der Waals surface area (Å²) in [5.74, 6) is 1.44. The quantitative estimate of drug-likeness (QED) is 0.785. The molecule has 0 fully saturated rings. The van der Waals surface area contributed by atoms with Crippen molar-refractivity contribution >= 4 is 23.1 Å². The fraction of sp³-hybridized carbons (Fsp3) is 0.0625. The Labute approximate surface area is 127 Å². The van der Waals surface area contributed by atoms with Crippen LogP contribution in [-0.4, -0.2) is 15.0 Å². The molecule has 0 spiro atoms. The minimum Gasteiger partial charge on any atom is -0.340 e. The fourth-order valence-corrected chi connectivity index (χ4v) is 2.00. The number of nitrogens with one attached hydrogen (secondary N) is 1. The average molecular weight is 297 g/mol. The van der Waals surface area contributed by atoms with Crippen molar-refractivity contribution in [2.75, 3.05) is 5.32 Å². The number of aromatic nitrogens is 3. The zero-order chi connectivity index (χ0) is 14.7. The van der Waals surface area contributed by atoms with Crippen LogP contribution in [-0.2, 0) is 0 Å². The first-order valence-electron chi connectivity index (χ1n) is 6.49. The van der Waals surface area contributed by atoms with Crippen molar-refractivity contribution in [3.63, 3.8) is 0 Å². The molecule has 0 bridgehead atoms. The SMILES string of the molecule is Cc1cnc(-c2ccc(Cl)cc2)nc1Nc1ccncc1. The second-order valence-corrected chi connectivity index (χ2v) is 5.03. The molecule has 0 amide bonds. The molecular formula is C16H13ClN4. The highest BCUT2D eigenvalue weighted by molar-refractivity contribution is 6.30. The van der Waals surface area contributed by atoms with Gasteiger partial charge in [-0.1, -0.05) is 11.6 Å². The van der Waals surface area contributed by atoms with E-state index in [2.05, 4.69) is 20.3 Å². The zero-order valence-corrected chi connectivity index (χ0v) is 12.2. The summed E-state index contributed by atoms with van der Waals surface area (Å²) in [5.41, 5.74) is 2.84. The first-order valence-corrected chi connectivity index (χ1v) is 6.87. The van der Waals surface area contributed by atoms with E-state index >= 15 is 0 Å². The van der Waals surface area contributed by atoms with Crippen molar-refractivity contribution in [2.24, 2.45) is 0 Å². The summed E-state index contributed by atoms with van der Waals surface area (Å²) in [4.78, 5) is 13.0. The van der Waals surface area contributed by atoms with Crippen LogP contribution >= 0.6 is 11.6 Å². The van der Waals surface area contributed by atoms with Gasteiger partial charge in [-0.2, -0.15) is 0 Å². The highest BCUT2D eigenvalue weighted by Crippen LogP contribution is 2.22. The molecule has 104 valence electrons. The normalized spacial score (nSPS) is 10.4. The summed E-state index contributed by atoms with van der Waals surface area (Å²) >= 11 is 5.90. The Hall–Kier alpha value is -2.46. The number of rotatable bonds is 3. The molecule has 0 aliphatic rings. The van der Waals surface area contributed by atoms with Crippen LogP contribution in [0.25, 0.3) is 11.4 Å². The minimum atomic E-state index is 0.661. The van der Waals surface area contributed by atoms with Crippen LogP contribution in [0.5, 0.6) is 0 Å². The predicted molar refractivity (Wildman–Crippen MR) is 84.7 cm³/mol. The largest absolute Gasteiger partial charge is 0.340 e. The molecule has 3 aromatic rings. The van der Waals surface area contributed by atoms with Gasteiger partial charge < -0.3 is 5.32 Å². The van der Waals surface area contributed by atoms with Crippen molar-refractivity contribution in [3.05, 3.63) is 65.6 Å². The third-order valence-corrected chi connectivity index (χ3v) is 3.27. The number of pyridine rings is 1. The lowest BCUT2D eigenvalue weighted by molar-refractivity contribution is 1.14. The maximum absolute atomic E-state index is 5.90. The van der Waals surface area contributed by atoms with Gasteiger partial charge in [-0.05, 0) is 43.3 Å². The molecule has 0 radical (unpaired) electrons. The molecular weight excluding hydrogens is 284 g/mol. The molecule has 5 heteroatoms. The number of halogens is 1. The Morgan fingerprint density at radius 3 is 2.43 bits per heavy atom. The van der Waals surface area contributed by atoms with Gasteiger partial charge in [0.1, 0.15) is 5.82 Å². The molecule has 3 rings (SSSR count). The summed E-state index contributed by atoms with van der Waals surface area (Å²) in [6.07, 6.45) is 5.28. The zero-order valence-electron chi connectivity index (χ0n) is 11.4. The van der Waals surface area contributed by atoms with Gasteiger partial charge in [0.05, 0.1) is 0 Å². The van der Waals surface area contributed by atoms with Crippen LogP contribution in [0.2, 0.25) is 5.02 Å². The number of anilines is 2. The Morgan fingerprint density at radius 2 is 1.71 bits per heavy atom. The molecule has 21 heavy (non-hydrogen) atoms. The number of benzene rings is 1. The van der Waals surface area contributed by atoms with Crippen molar-refractivity contribution in [1.29, 1.82) is 0 Å². The van der Waals surface area contributed by atoms with Gasteiger partial charge in [0, 0.05) is 40.4 Å². The Morgan fingerprint density at radius 1 is 1.00 bits per heavy atom. The highest BCUT2D eigenvalue weighted by atomic mass is 35.5. The van der Waals surface area contributed by atoms with E-state index in [1.165, 1.54) is 0 Å². The molecule has 1 aromatic carbocycles. The molecule has 0 atom stereocenters. The average Bonchev–Trinajstić information content (AvgIpc) is 2.51. The monoisotopic (exact) mass is 296 g/mol. The highest BCUT2D eigenvalue weighted by Gasteiger charge is 2.06. The van der Waals surface area contributed by atoms with E-state index in [1.807, 2.05) is 43.3 Å². The lowest BCUT2D eigenvalue weighted by Crippen LogP contribution is -2.00. The Kier molecular flexibility index (Phi) is 3.79. The Bertz CT molecular complexity index is 742. The van der Waals surface area contributed by atoms with Crippen LogP contribution in [0.15, 0.2) is 55.0 Å². The summed E-state index contributed by atoms with van der Waals surface area (Å²) in [7, 11) is 0. The van der Waals surface area contributed by atoms with Gasteiger partial charge in [-0.15, -0.1) is 0 Å². The van der Waals surface area contributed by atoms with Crippen LogP contribution in [0.4, 0.5) is 11.5 Å². The van der Waals surface area contributed by atoms with Crippen LogP contribution in [0.3, 0.4) is 0 Å². The van der Waals surface area contributed by atoms with Crippen molar-refractivity contribution in [3.8, 4) is 11.4 Å². The van der Waals surface area contributed by atoms with Crippen LogP contribution in [0.1, 0.15) is 5.56 Å². The van der Waals surface area contributed by atoms with E-state index in [9.17, 15) is 0 Å². The number of aryl methyl sites for hydroxylation is 1. The van der Waals surface area contributed by atoms with E-state index in [1.54, 1.807) is 18.6 Å². The van der Waals surface area contributed by atoms with E-state index in [-0.39, 0.29) is 0 Å². The second kappa shape index (κ2) is 5.89. The fourth-order valence-electron chi connectivity index (χ4n) is 1.88. The van der Waals surface area contributed by atoms with E-state index < -0.39 is 0 Å². The van der Waals surface area contributed by atoms with E-state index in [4.69, 9.17) is 11.6 Å². The molecule has 1 N–H and O–H groups in total. The maximum Gasteiger partial charge on any atom is 0.161 e. The third kappa shape index (κ3) is 3.17. The van der Waals surface area contributed by atoms with Crippen molar-refractivity contribution < 1.29 is 0 Å². The lowest BCUT2D eigenvalue weighted by atomic mass is 10.2. The van der Waals surface area contributed by atoms with Crippen LogP contribution < -0.4 is 5.32 Å². The summed E-state index contributed by atoms with van der Waals surface area (Å²) in [6, 6.07) is 11.3. The number of nitrogens with zero attached hydrogens (tertiary/aromatic N) is 3. The van der Waals surface area contributed by atoms with Crippen LogP contribution in [0, 0.1) is 6.92 Å². The molecule has 4 nitrogen and oxygen atoms in total. The molecule has 2 heterocycles. The molecule has 0 unspecified atom stereocenters. The summed E-state index contributed by atoms with van der Waals surface area (Å²) in [5, 5.41) is 3.97. The predicted octanol–water partition coefficient (Wildman–Crippen LogP) is 4.24. The smallest absolute Gasteiger partial charge is 0.161 e. The van der Waals surface area contributed by atoms with Gasteiger partial charge >= 0.3 is 0 Å².